The molecule has 0 aromatic heterocycles. The van der Waals surface area contributed by atoms with Crippen LogP contribution < -0.4 is 0 Å². The van der Waals surface area contributed by atoms with Gasteiger partial charge in [-0.15, -0.1) is 0 Å². The molecule has 0 bridgehead atoms. The number of ether oxygens (including phenoxy) is 2. The highest BCUT2D eigenvalue weighted by molar-refractivity contribution is 5.80. The fraction of sp³-hybridized carbons (Fsp3) is 0.733. The Hall–Kier alpha value is -1.40. The van der Waals surface area contributed by atoms with Gasteiger partial charge in [-0.1, -0.05) is 6.08 Å². The van der Waals surface area contributed by atoms with Gasteiger partial charge in [0.25, 0.3) is 0 Å². The van der Waals surface area contributed by atoms with E-state index in [-0.39, 0.29) is 11.9 Å². The highest BCUT2D eigenvalue weighted by atomic mass is 16.6. The molecular weight excluding hydrogens is 272 g/mol. The Morgan fingerprint density at radius 3 is 2.95 bits per heavy atom. The Kier molecular flexibility index (Phi) is 5.76. The number of hydrogen-bond donors (Lipinski definition) is 0. The molecular formula is C15H24N2O4. The van der Waals surface area contributed by atoms with E-state index in [2.05, 4.69) is 6.08 Å². The lowest BCUT2D eigenvalue weighted by molar-refractivity contribution is -0.160. The number of likely N-dealkylation sites (N-methyl/N-ethyl adjacent to an activating group) is 1. The van der Waals surface area contributed by atoms with Crippen molar-refractivity contribution in [3.05, 3.63) is 11.8 Å². The molecule has 1 aliphatic heterocycles. The summed E-state index contributed by atoms with van der Waals surface area (Å²) < 4.78 is 10.1. The first kappa shape index (κ1) is 16.0. The maximum Gasteiger partial charge on any atom is 0.336 e. The second-order valence-electron chi connectivity index (χ2n) is 5.34. The number of methoxy groups -OCH3 is 1. The van der Waals surface area contributed by atoms with Crippen LogP contribution in [0.15, 0.2) is 11.8 Å². The number of morpholine rings is 1. The van der Waals surface area contributed by atoms with Gasteiger partial charge in [-0.2, -0.15) is 0 Å². The number of amides is 1. The predicted octanol–water partition coefficient (Wildman–Crippen LogP) is 0.776. The van der Waals surface area contributed by atoms with E-state index in [1.165, 1.54) is 7.11 Å². The topological polar surface area (TPSA) is 59.1 Å². The number of carbonyl (C=O) groups excluding carboxylic acids is 2. The monoisotopic (exact) mass is 296 g/mol. The fourth-order valence-corrected chi connectivity index (χ4v) is 2.84. The number of esters is 1. The van der Waals surface area contributed by atoms with Crippen molar-refractivity contribution in [3.63, 3.8) is 0 Å². The number of carbonyl (C=O) groups is 2. The SMILES string of the molecule is CCN(C(=O)CN1CCOC(C(=O)OC)C1)C1=CCCC1. The number of allylic oxidation sites excluding steroid dienone is 2. The van der Waals surface area contributed by atoms with Crippen LogP contribution in [0.5, 0.6) is 0 Å². The second kappa shape index (κ2) is 7.56. The summed E-state index contributed by atoms with van der Waals surface area (Å²) in [7, 11) is 1.35. The summed E-state index contributed by atoms with van der Waals surface area (Å²) in [6, 6.07) is 0. The van der Waals surface area contributed by atoms with Crippen molar-refractivity contribution in [2.75, 3.05) is 39.9 Å². The van der Waals surface area contributed by atoms with Crippen LogP contribution in [-0.4, -0.2) is 67.7 Å². The van der Waals surface area contributed by atoms with Crippen LogP contribution >= 0.6 is 0 Å². The highest BCUT2D eigenvalue weighted by Gasteiger charge is 2.29. The molecule has 6 heteroatoms. The third-order valence-electron chi connectivity index (χ3n) is 3.95. The minimum absolute atomic E-state index is 0.0937. The van der Waals surface area contributed by atoms with E-state index in [1.54, 1.807) is 0 Å². The normalized spacial score (nSPS) is 22.8. The lowest BCUT2D eigenvalue weighted by atomic mass is 10.2. The van der Waals surface area contributed by atoms with Crippen molar-refractivity contribution < 1.29 is 19.1 Å². The molecule has 1 saturated heterocycles. The van der Waals surface area contributed by atoms with Gasteiger partial charge in [-0.05, 0) is 26.2 Å². The first-order chi connectivity index (χ1) is 10.2. The van der Waals surface area contributed by atoms with Gasteiger partial charge in [0.1, 0.15) is 0 Å². The molecule has 0 N–H and O–H groups in total. The average Bonchev–Trinajstić information content (AvgIpc) is 3.01. The van der Waals surface area contributed by atoms with Crippen LogP contribution in [0.2, 0.25) is 0 Å². The van der Waals surface area contributed by atoms with E-state index in [0.29, 0.717) is 32.8 Å². The molecule has 1 heterocycles. The first-order valence-corrected chi connectivity index (χ1v) is 7.57. The lowest BCUT2D eigenvalue weighted by Crippen LogP contribution is -2.50. The molecule has 0 spiro atoms. The van der Waals surface area contributed by atoms with E-state index < -0.39 is 6.10 Å². The largest absolute Gasteiger partial charge is 0.467 e. The summed E-state index contributed by atoms with van der Waals surface area (Å²) in [4.78, 5) is 27.8. The molecule has 6 nitrogen and oxygen atoms in total. The minimum Gasteiger partial charge on any atom is -0.467 e. The summed E-state index contributed by atoms with van der Waals surface area (Å²) in [5.74, 6) is -0.283. The molecule has 0 aromatic carbocycles. The van der Waals surface area contributed by atoms with E-state index in [4.69, 9.17) is 9.47 Å². The highest BCUT2D eigenvalue weighted by Crippen LogP contribution is 2.21. The molecule has 1 amide bonds. The average molecular weight is 296 g/mol. The molecule has 21 heavy (non-hydrogen) atoms. The van der Waals surface area contributed by atoms with Gasteiger partial charge in [0, 0.05) is 25.3 Å². The van der Waals surface area contributed by atoms with E-state index in [0.717, 1.165) is 25.0 Å². The van der Waals surface area contributed by atoms with Crippen LogP contribution in [0.1, 0.15) is 26.2 Å². The van der Waals surface area contributed by atoms with Gasteiger partial charge in [0.05, 0.1) is 20.3 Å². The van der Waals surface area contributed by atoms with Crippen LogP contribution in [0.4, 0.5) is 0 Å². The Bertz CT molecular complexity index is 422. The molecule has 1 fully saturated rings. The Labute approximate surface area is 125 Å². The zero-order valence-electron chi connectivity index (χ0n) is 12.8. The van der Waals surface area contributed by atoms with Crippen molar-refractivity contribution in [2.45, 2.75) is 32.3 Å². The summed E-state index contributed by atoms with van der Waals surface area (Å²) in [6.07, 6.45) is 4.73. The number of rotatable bonds is 5. The molecule has 1 atom stereocenters. The molecule has 1 unspecified atom stereocenters. The molecule has 0 aromatic rings. The molecule has 118 valence electrons. The Balaban J connectivity index is 1.90. The van der Waals surface area contributed by atoms with Gasteiger partial charge in [0.15, 0.2) is 6.10 Å². The fourth-order valence-electron chi connectivity index (χ4n) is 2.84. The Morgan fingerprint density at radius 2 is 2.33 bits per heavy atom. The van der Waals surface area contributed by atoms with E-state index >= 15 is 0 Å². The zero-order valence-corrected chi connectivity index (χ0v) is 12.8. The molecule has 2 aliphatic rings. The van der Waals surface area contributed by atoms with Gasteiger partial charge in [-0.3, -0.25) is 9.69 Å². The smallest absolute Gasteiger partial charge is 0.336 e. The van der Waals surface area contributed by atoms with Gasteiger partial charge in [-0.25, -0.2) is 4.79 Å². The second-order valence-corrected chi connectivity index (χ2v) is 5.34. The van der Waals surface area contributed by atoms with Crippen LogP contribution in [0, 0.1) is 0 Å². The third kappa shape index (κ3) is 4.04. The van der Waals surface area contributed by atoms with Gasteiger partial charge >= 0.3 is 5.97 Å². The van der Waals surface area contributed by atoms with Crippen molar-refractivity contribution in [1.29, 1.82) is 0 Å². The summed E-state index contributed by atoms with van der Waals surface area (Å²) in [5, 5.41) is 0. The van der Waals surface area contributed by atoms with E-state index in [9.17, 15) is 9.59 Å². The lowest BCUT2D eigenvalue weighted by Gasteiger charge is -2.32. The van der Waals surface area contributed by atoms with Gasteiger partial charge < -0.3 is 14.4 Å². The van der Waals surface area contributed by atoms with Crippen molar-refractivity contribution in [3.8, 4) is 0 Å². The standard InChI is InChI=1S/C15H24N2O4/c1-3-17(12-6-4-5-7-12)14(18)11-16-8-9-21-13(10-16)15(19)20-2/h6,13H,3-5,7-11H2,1-2H3. The predicted molar refractivity (Wildman–Crippen MR) is 77.5 cm³/mol. The summed E-state index contributed by atoms with van der Waals surface area (Å²) in [6.45, 7) is 4.53. The van der Waals surface area contributed by atoms with Crippen LogP contribution in [0.3, 0.4) is 0 Å². The quantitative estimate of drug-likeness (QED) is 0.702. The summed E-state index contributed by atoms with van der Waals surface area (Å²) >= 11 is 0. The molecule has 2 rings (SSSR count). The molecule has 0 radical (unpaired) electrons. The molecule has 1 aliphatic carbocycles. The zero-order chi connectivity index (χ0) is 15.2. The van der Waals surface area contributed by atoms with Gasteiger partial charge in [0.2, 0.25) is 5.91 Å². The van der Waals surface area contributed by atoms with Crippen molar-refractivity contribution >= 4 is 11.9 Å². The Morgan fingerprint density at radius 1 is 1.52 bits per heavy atom. The first-order valence-electron chi connectivity index (χ1n) is 7.57. The van der Waals surface area contributed by atoms with Crippen LogP contribution in [0.25, 0.3) is 0 Å². The number of hydrogen-bond acceptors (Lipinski definition) is 5. The van der Waals surface area contributed by atoms with Crippen molar-refractivity contribution in [1.82, 2.24) is 9.80 Å². The number of nitrogens with zero attached hydrogens (tertiary/aromatic N) is 2. The maximum atomic E-state index is 12.5. The third-order valence-corrected chi connectivity index (χ3v) is 3.95. The molecule has 0 saturated carbocycles. The van der Waals surface area contributed by atoms with Crippen molar-refractivity contribution in [2.24, 2.45) is 0 Å². The maximum absolute atomic E-state index is 12.5. The minimum atomic E-state index is -0.586. The van der Waals surface area contributed by atoms with E-state index in [1.807, 2.05) is 16.7 Å². The summed E-state index contributed by atoms with van der Waals surface area (Å²) in [5.41, 5.74) is 1.14. The van der Waals surface area contributed by atoms with Crippen LogP contribution in [-0.2, 0) is 19.1 Å².